The Hall–Kier alpha value is -5.28. The number of para-hydroxylation sites is 1. The molecule has 2 nitrogen and oxygen atoms in total. The van der Waals surface area contributed by atoms with Crippen LogP contribution < -0.4 is 4.90 Å². The van der Waals surface area contributed by atoms with Crippen LogP contribution in [0.25, 0.3) is 55.2 Å². The minimum absolute atomic E-state index is 0.191. The second-order valence-electron chi connectivity index (χ2n) is 15.4. The summed E-state index contributed by atoms with van der Waals surface area (Å²) in [6.07, 6.45) is 0. The molecule has 1 N–H and O–H groups in total. The molecule has 10 rings (SSSR count). The standard InChI is InChI=1S/C48H36Cl2N2/c1-47(2)41-24-30(49)12-18-35(41)37-20-16-33(26-43(37)47)52(34-17-21-38-36-19-13-31(50)25-42(36)48(3,4)44(38)27-34)32-14-9-28(10-15-32)29-11-22-46-40(23-29)39-7-5-6-8-45(39)51-46/h5-27,51H,1-4H3. The van der Waals surface area contributed by atoms with Crippen molar-refractivity contribution in [3.05, 3.63) is 172 Å². The molecule has 0 fully saturated rings. The van der Waals surface area contributed by atoms with Crippen molar-refractivity contribution >= 4 is 62.1 Å². The third-order valence-corrected chi connectivity index (χ3v) is 12.2. The van der Waals surface area contributed by atoms with E-state index in [1.165, 1.54) is 66.4 Å². The number of nitrogens with zero attached hydrogens (tertiary/aromatic N) is 1. The van der Waals surface area contributed by atoms with E-state index in [1.54, 1.807) is 0 Å². The van der Waals surface area contributed by atoms with Crippen LogP contribution in [0.5, 0.6) is 0 Å². The Morgan fingerprint density at radius 1 is 0.423 bits per heavy atom. The Kier molecular flexibility index (Phi) is 6.72. The molecule has 0 radical (unpaired) electrons. The van der Waals surface area contributed by atoms with Crippen molar-refractivity contribution in [3.63, 3.8) is 0 Å². The Balaban J connectivity index is 1.11. The van der Waals surface area contributed by atoms with Gasteiger partial charge in [-0.15, -0.1) is 0 Å². The molecule has 0 amide bonds. The van der Waals surface area contributed by atoms with E-state index in [4.69, 9.17) is 23.2 Å². The Labute approximate surface area is 314 Å². The van der Waals surface area contributed by atoms with Crippen molar-refractivity contribution in [3.8, 4) is 33.4 Å². The summed E-state index contributed by atoms with van der Waals surface area (Å²) in [6.45, 7) is 9.23. The maximum Gasteiger partial charge on any atom is 0.0465 e. The fourth-order valence-electron chi connectivity index (χ4n) is 8.95. The van der Waals surface area contributed by atoms with E-state index in [9.17, 15) is 0 Å². The number of hydrogen-bond donors (Lipinski definition) is 1. The normalized spacial score (nSPS) is 14.7. The molecule has 1 heterocycles. The summed E-state index contributed by atoms with van der Waals surface area (Å²) in [4.78, 5) is 5.97. The molecular formula is C48H36Cl2N2. The van der Waals surface area contributed by atoms with Gasteiger partial charge in [0.2, 0.25) is 0 Å². The van der Waals surface area contributed by atoms with Crippen molar-refractivity contribution in [1.82, 2.24) is 4.98 Å². The minimum atomic E-state index is -0.191. The lowest BCUT2D eigenvalue weighted by molar-refractivity contribution is 0.660. The smallest absolute Gasteiger partial charge is 0.0465 e. The summed E-state index contributed by atoms with van der Waals surface area (Å²) in [6, 6.07) is 50.7. The second kappa shape index (κ2) is 11.1. The number of nitrogens with one attached hydrogen (secondary N) is 1. The Morgan fingerprint density at radius 2 is 0.885 bits per heavy atom. The average Bonchev–Trinajstić information content (AvgIpc) is 3.71. The summed E-state index contributed by atoms with van der Waals surface area (Å²) in [5.41, 5.74) is 17.9. The van der Waals surface area contributed by atoms with Crippen molar-refractivity contribution in [1.29, 1.82) is 0 Å². The molecular weight excluding hydrogens is 675 g/mol. The predicted octanol–water partition coefficient (Wildman–Crippen LogP) is 14.4. The molecule has 1 aromatic heterocycles. The van der Waals surface area contributed by atoms with E-state index in [0.29, 0.717) is 0 Å². The number of aromatic nitrogens is 1. The number of fused-ring (bicyclic) bond motifs is 9. The van der Waals surface area contributed by atoms with E-state index >= 15 is 0 Å². The van der Waals surface area contributed by atoms with Crippen LogP contribution in [-0.2, 0) is 10.8 Å². The molecule has 4 heteroatoms. The van der Waals surface area contributed by atoms with E-state index in [1.807, 2.05) is 12.1 Å². The van der Waals surface area contributed by atoms with Gasteiger partial charge in [-0.1, -0.05) is 112 Å². The molecule has 0 aliphatic heterocycles. The van der Waals surface area contributed by atoms with Gasteiger partial charge in [0.25, 0.3) is 0 Å². The first-order valence-corrected chi connectivity index (χ1v) is 18.6. The molecule has 2 aliphatic rings. The third-order valence-electron chi connectivity index (χ3n) is 11.7. The zero-order valence-electron chi connectivity index (χ0n) is 29.5. The summed E-state index contributed by atoms with van der Waals surface area (Å²) in [7, 11) is 0. The van der Waals surface area contributed by atoms with Gasteiger partial charge in [0.15, 0.2) is 0 Å². The molecule has 7 aromatic carbocycles. The molecule has 0 bridgehead atoms. The van der Waals surface area contributed by atoms with E-state index < -0.39 is 0 Å². The maximum atomic E-state index is 6.54. The zero-order chi connectivity index (χ0) is 35.5. The van der Waals surface area contributed by atoms with E-state index in [2.05, 4.69) is 165 Å². The topological polar surface area (TPSA) is 19.0 Å². The lowest BCUT2D eigenvalue weighted by Crippen LogP contribution is -2.18. The van der Waals surface area contributed by atoms with Gasteiger partial charge in [-0.2, -0.15) is 0 Å². The summed E-state index contributed by atoms with van der Waals surface area (Å²) in [5.74, 6) is 0. The summed E-state index contributed by atoms with van der Waals surface area (Å²) >= 11 is 13.1. The SMILES string of the molecule is CC1(C)c2cc(Cl)ccc2-c2ccc(N(c3ccc(-c4ccc5[nH]c6ccccc6c5c4)cc3)c3ccc4c(c3)C(C)(C)c3cc(Cl)ccc3-4)cc21. The fraction of sp³-hybridized carbons (Fsp3) is 0.125. The van der Waals surface area contributed by atoms with Crippen molar-refractivity contribution in [2.45, 2.75) is 38.5 Å². The average molecular weight is 712 g/mol. The van der Waals surface area contributed by atoms with E-state index in [-0.39, 0.29) is 10.8 Å². The first-order valence-electron chi connectivity index (χ1n) is 17.9. The molecule has 252 valence electrons. The Morgan fingerprint density at radius 3 is 1.46 bits per heavy atom. The van der Waals surface area contributed by atoms with Crippen LogP contribution in [-0.4, -0.2) is 4.98 Å². The predicted molar refractivity (Wildman–Crippen MR) is 221 cm³/mol. The van der Waals surface area contributed by atoms with Gasteiger partial charge in [0.05, 0.1) is 0 Å². The number of rotatable bonds is 4. The zero-order valence-corrected chi connectivity index (χ0v) is 31.0. The minimum Gasteiger partial charge on any atom is -0.355 e. The van der Waals surface area contributed by atoms with Gasteiger partial charge in [-0.05, 0) is 134 Å². The number of halogens is 2. The summed E-state index contributed by atoms with van der Waals surface area (Å²) < 4.78 is 0. The fourth-order valence-corrected chi connectivity index (χ4v) is 9.30. The van der Waals surface area contributed by atoms with Crippen molar-refractivity contribution in [2.24, 2.45) is 0 Å². The molecule has 8 aromatic rings. The summed E-state index contributed by atoms with van der Waals surface area (Å²) in [5, 5.41) is 4.03. The van der Waals surface area contributed by atoms with Gasteiger partial charge in [-0.3, -0.25) is 0 Å². The number of benzene rings is 7. The van der Waals surface area contributed by atoms with Gasteiger partial charge in [0.1, 0.15) is 0 Å². The highest BCUT2D eigenvalue weighted by Crippen LogP contribution is 2.53. The van der Waals surface area contributed by atoms with Crippen LogP contribution in [0, 0.1) is 0 Å². The van der Waals surface area contributed by atoms with Gasteiger partial charge in [0, 0.05) is 59.7 Å². The molecule has 0 spiro atoms. The van der Waals surface area contributed by atoms with Gasteiger partial charge in [-0.25, -0.2) is 0 Å². The first-order chi connectivity index (χ1) is 25.1. The van der Waals surface area contributed by atoms with Crippen LogP contribution in [0.2, 0.25) is 10.0 Å². The van der Waals surface area contributed by atoms with Gasteiger partial charge >= 0.3 is 0 Å². The molecule has 2 aliphatic carbocycles. The first kappa shape index (κ1) is 31.5. The van der Waals surface area contributed by atoms with Crippen LogP contribution >= 0.6 is 23.2 Å². The van der Waals surface area contributed by atoms with Crippen LogP contribution in [0.3, 0.4) is 0 Å². The molecule has 0 atom stereocenters. The quantitative estimate of drug-likeness (QED) is 0.193. The van der Waals surface area contributed by atoms with Crippen molar-refractivity contribution < 1.29 is 0 Å². The van der Waals surface area contributed by atoms with Crippen molar-refractivity contribution in [2.75, 3.05) is 4.90 Å². The number of hydrogen-bond acceptors (Lipinski definition) is 1. The molecule has 0 saturated carbocycles. The number of anilines is 3. The lowest BCUT2D eigenvalue weighted by atomic mass is 9.82. The van der Waals surface area contributed by atoms with Crippen LogP contribution in [0.15, 0.2) is 140 Å². The third kappa shape index (κ3) is 4.57. The second-order valence-corrected chi connectivity index (χ2v) is 16.3. The molecule has 0 unspecified atom stereocenters. The highest BCUT2D eigenvalue weighted by Gasteiger charge is 2.38. The lowest BCUT2D eigenvalue weighted by Gasteiger charge is -2.30. The van der Waals surface area contributed by atoms with E-state index in [0.717, 1.165) is 38.1 Å². The highest BCUT2D eigenvalue weighted by atomic mass is 35.5. The Bertz CT molecular complexity index is 2660. The monoisotopic (exact) mass is 710 g/mol. The molecule has 52 heavy (non-hydrogen) atoms. The number of aromatic amines is 1. The molecule has 0 saturated heterocycles. The highest BCUT2D eigenvalue weighted by molar-refractivity contribution is 6.31. The maximum absolute atomic E-state index is 6.54. The van der Waals surface area contributed by atoms with Crippen LogP contribution in [0.1, 0.15) is 49.9 Å². The van der Waals surface area contributed by atoms with Gasteiger partial charge < -0.3 is 9.88 Å². The van der Waals surface area contributed by atoms with Crippen LogP contribution in [0.4, 0.5) is 17.1 Å². The largest absolute Gasteiger partial charge is 0.355 e. The number of H-pyrrole nitrogens is 1.